The number of nitrogens with zero attached hydrogens (tertiary/aromatic N) is 3. The minimum absolute atomic E-state index is 0.0513. The van der Waals surface area contributed by atoms with Gasteiger partial charge in [0.05, 0.1) is 18.0 Å². The fraction of sp³-hybridized carbons (Fsp3) is 0.368. The third-order valence-corrected chi connectivity index (χ3v) is 5.08. The normalized spacial score (nSPS) is 21.2. The molecule has 0 aliphatic heterocycles. The first-order valence-corrected chi connectivity index (χ1v) is 9.15. The molecule has 5 N–H and O–H groups in total. The number of aromatic nitrogens is 2. The van der Waals surface area contributed by atoms with Gasteiger partial charge in [0, 0.05) is 18.4 Å². The fourth-order valence-corrected chi connectivity index (χ4v) is 3.60. The molecule has 0 spiro atoms. The van der Waals surface area contributed by atoms with Gasteiger partial charge in [0.15, 0.2) is 5.82 Å². The lowest BCUT2D eigenvalue weighted by molar-refractivity contribution is 0.100. The van der Waals surface area contributed by atoms with Crippen LogP contribution in [0.15, 0.2) is 30.5 Å². The van der Waals surface area contributed by atoms with Crippen LogP contribution in [-0.4, -0.2) is 33.4 Å². The van der Waals surface area contributed by atoms with E-state index in [0.717, 1.165) is 6.42 Å². The van der Waals surface area contributed by atoms with Gasteiger partial charge in [0.25, 0.3) is 5.91 Å². The molecule has 1 aliphatic rings. The Morgan fingerprint density at radius 3 is 2.69 bits per heavy atom. The maximum atomic E-state index is 13.1. The highest BCUT2D eigenvalue weighted by molar-refractivity contribution is 5.98. The number of hydrogen-bond acceptors (Lipinski definition) is 5. The van der Waals surface area contributed by atoms with Crippen molar-refractivity contribution < 1.29 is 19.1 Å². The Morgan fingerprint density at radius 2 is 2.07 bits per heavy atom. The standard InChI is InChI=1S/C19H21FN6O3/c20-13-3-5-14(6-4-13)24-18-15(17(22)27)10-26(25-18)16-7-11(9-23-19(28)29)1-2-12(16)8-21/h3-6,10-12,16,23H,1-2,7,9H2,(H2,22,27)(H,24,25)(H,28,29). The molecular weight excluding hydrogens is 379 g/mol. The highest BCUT2D eigenvalue weighted by Crippen LogP contribution is 2.37. The van der Waals surface area contributed by atoms with Gasteiger partial charge in [-0.05, 0) is 49.4 Å². The van der Waals surface area contributed by atoms with Gasteiger partial charge in [-0.15, -0.1) is 0 Å². The molecule has 1 aromatic carbocycles. The van der Waals surface area contributed by atoms with Gasteiger partial charge >= 0.3 is 6.09 Å². The number of anilines is 2. The van der Waals surface area contributed by atoms with Crippen molar-refractivity contribution in [2.45, 2.75) is 25.3 Å². The molecular formula is C19H21FN6O3. The first-order valence-electron chi connectivity index (χ1n) is 9.15. The number of nitrogens with two attached hydrogens (primary N) is 1. The van der Waals surface area contributed by atoms with Crippen LogP contribution < -0.4 is 16.4 Å². The van der Waals surface area contributed by atoms with Gasteiger partial charge in [-0.25, -0.2) is 9.18 Å². The van der Waals surface area contributed by atoms with E-state index < -0.39 is 17.8 Å². The number of halogens is 1. The number of carbonyl (C=O) groups is 2. The van der Waals surface area contributed by atoms with E-state index in [4.69, 9.17) is 10.8 Å². The average molecular weight is 400 g/mol. The lowest BCUT2D eigenvalue weighted by Gasteiger charge is -2.32. The molecule has 1 aliphatic carbocycles. The van der Waals surface area contributed by atoms with Crippen molar-refractivity contribution >= 4 is 23.5 Å². The maximum Gasteiger partial charge on any atom is 0.404 e. The minimum Gasteiger partial charge on any atom is -0.465 e. The van der Waals surface area contributed by atoms with E-state index >= 15 is 0 Å². The summed E-state index contributed by atoms with van der Waals surface area (Å²) in [7, 11) is 0. The second-order valence-electron chi connectivity index (χ2n) is 7.04. The van der Waals surface area contributed by atoms with Gasteiger partial charge in [-0.2, -0.15) is 10.4 Å². The Labute approximate surface area is 166 Å². The second kappa shape index (κ2) is 8.60. The molecule has 1 fully saturated rings. The number of primary amides is 1. The number of nitrogens with one attached hydrogen (secondary N) is 2. The van der Waals surface area contributed by atoms with Gasteiger partial charge < -0.3 is 21.5 Å². The summed E-state index contributed by atoms with van der Waals surface area (Å²) in [4.78, 5) is 22.7. The molecule has 3 atom stereocenters. The van der Waals surface area contributed by atoms with Crippen molar-refractivity contribution in [1.82, 2.24) is 15.1 Å². The summed E-state index contributed by atoms with van der Waals surface area (Å²) in [5, 5.41) is 28.1. The lowest BCUT2D eigenvalue weighted by atomic mass is 9.79. The zero-order valence-electron chi connectivity index (χ0n) is 15.5. The van der Waals surface area contributed by atoms with Crippen LogP contribution in [0.4, 0.5) is 20.7 Å². The molecule has 0 bridgehead atoms. The molecule has 9 nitrogen and oxygen atoms in total. The molecule has 0 saturated heterocycles. The fourth-order valence-electron chi connectivity index (χ4n) is 3.60. The summed E-state index contributed by atoms with van der Waals surface area (Å²) in [5.41, 5.74) is 6.16. The summed E-state index contributed by atoms with van der Waals surface area (Å²) in [6, 6.07) is 7.51. The van der Waals surface area contributed by atoms with E-state index in [0.29, 0.717) is 18.5 Å². The number of carboxylic acid groups (broad SMARTS) is 1. The van der Waals surface area contributed by atoms with Crippen LogP contribution in [0.5, 0.6) is 0 Å². The van der Waals surface area contributed by atoms with Crippen molar-refractivity contribution in [2.75, 3.05) is 11.9 Å². The van der Waals surface area contributed by atoms with E-state index in [1.54, 1.807) is 4.68 Å². The predicted octanol–water partition coefficient (Wildman–Crippen LogP) is 2.61. The molecule has 2 aromatic rings. The number of nitriles is 1. The summed E-state index contributed by atoms with van der Waals surface area (Å²) in [5.74, 6) is -1.14. The molecule has 1 heterocycles. The Morgan fingerprint density at radius 1 is 1.34 bits per heavy atom. The van der Waals surface area contributed by atoms with Gasteiger partial charge in [-0.3, -0.25) is 9.48 Å². The number of carbonyl (C=O) groups excluding carboxylic acids is 1. The minimum atomic E-state index is -1.09. The van der Waals surface area contributed by atoms with Crippen LogP contribution in [0, 0.1) is 29.0 Å². The largest absolute Gasteiger partial charge is 0.465 e. The lowest BCUT2D eigenvalue weighted by Crippen LogP contribution is -2.34. The van der Waals surface area contributed by atoms with Gasteiger partial charge in [0.1, 0.15) is 11.4 Å². The molecule has 1 aromatic heterocycles. The highest BCUT2D eigenvalue weighted by Gasteiger charge is 2.33. The van der Waals surface area contributed by atoms with Crippen molar-refractivity contribution in [3.05, 3.63) is 41.8 Å². The first kappa shape index (κ1) is 20.1. The molecule has 29 heavy (non-hydrogen) atoms. The third kappa shape index (κ3) is 4.82. The predicted molar refractivity (Wildman–Crippen MR) is 102 cm³/mol. The number of amides is 2. The summed E-state index contributed by atoms with van der Waals surface area (Å²) in [6.45, 7) is 0.286. The number of rotatable bonds is 6. The Bertz CT molecular complexity index is 936. The SMILES string of the molecule is N#CC1CCC(CNC(=O)O)CC1n1cc(C(N)=O)c(Nc2ccc(F)cc2)n1. The summed E-state index contributed by atoms with van der Waals surface area (Å²) in [6.07, 6.45) is 2.26. The molecule has 3 unspecified atom stereocenters. The molecule has 2 amide bonds. The van der Waals surface area contributed by atoms with Gasteiger partial charge in [0.2, 0.25) is 0 Å². The monoisotopic (exact) mass is 400 g/mol. The average Bonchev–Trinajstić information content (AvgIpc) is 3.12. The quantitative estimate of drug-likeness (QED) is 0.586. The smallest absolute Gasteiger partial charge is 0.404 e. The van der Waals surface area contributed by atoms with Crippen molar-refractivity contribution in [2.24, 2.45) is 17.6 Å². The summed E-state index contributed by atoms with van der Waals surface area (Å²) < 4.78 is 14.7. The number of hydrogen-bond donors (Lipinski definition) is 4. The molecule has 10 heteroatoms. The zero-order valence-corrected chi connectivity index (χ0v) is 15.5. The van der Waals surface area contributed by atoms with Crippen LogP contribution in [0.3, 0.4) is 0 Å². The van der Waals surface area contributed by atoms with E-state index in [-0.39, 0.29) is 35.8 Å². The third-order valence-electron chi connectivity index (χ3n) is 5.08. The van der Waals surface area contributed by atoms with Crippen LogP contribution in [0.1, 0.15) is 35.7 Å². The molecule has 0 radical (unpaired) electrons. The molecule has 3 rings (SSSR count). The van der Waals surface area contributed by atoms with E-state index in [2.05, 4.69) is 21.8 Å². The molecule has 1 saturated carbocycles. The zero-order chi connectivity index (χ0) is 21.0. The highest BCUT2D eigenvalue weighted by atomic mass is 19.1. The van der Waals surface area contributed by atoms with Crippen LogP contribution >= 0.6 is 0 Å². The van der Waals surface area contributed by atoms with Crippen molar-refractivity contribution in [3.8, 4) is 6.07 Å². The Kier molecular flexibility index (Phi) is 5.97. The number of benzene rings is 1. The first-order chi connectivity index (χ1) is 13.9. The Balaban J connectivity index is 1.85. The Hall–Kier alpha value is -3.61. The summed E-state index contributed by atoms with van der Waals surface area (Å²) >= 11 is 0. The van der Waals surface area contributed by atoms with Crippen LogP contribution in [0.2, 0.25) is 0 Å². The topological polar surface area (TPSA) is 146 Å². The van der Waals surface area contributed by atoms with E-state index in [9.17, 15) is 19.2 Å². The van der Waals surface area contributed by atoms with Crippen LogP contribution in [0.25, 0.3) is 0 Å². The van der Waals surface area contributed by atoms with Crippen molar-refractivity contribution in [3.63, 3.8) is 0 Å². The maximum absolute atomic E-state index is 13.1. The van der Waals surface area contributed by atoms with E-state index in [1.165, 1.54) is 30.5 Å². The second-order valence-corrected chi connectivity index (χ2v) is 7.04. The van der Waals surface area contributed by atoms with Crippen molar-refractivity contribution in [1.29, 1.82) is 5.26 Å². The molecule has 152 valence electrons. The van der Waals surface area contributed by atoms with Crippen LogP contribution in [-0.2, 0) is 0 Å². The van der Waals surface area contributed by atoms with Gasteiger partial charge in [-0.1, -0.05) is 0 Å². The van der Waals surface area contributed by atoms with E-state index in [1.807, 2.05) is 0 Å².